The van der Waals surface area contributed by atoms with E-state index in [1.54, 1.807) is 11.2 Å². The van der Waals surface area contributed by atoms with Crippen molar-refractivity contribution < 1.29 is 19.4 Å². The maximum Gasteiger partial charge on any atom is 0.319 e. The Morgan fingerprint density at radius 3 is 2.40 bits per heavy atom. The molecule has 1 amide bonds. The average Bonchev–Trinajstić information content (AvgIpc) is 3.46. The van der Waals surface area contributed by atoms with Crippen LogP contribution in [0.4, 0.5) is 0 Å². The van der Waals surface area contributed by atoms with Crippen molar-refractivity contribution in [3.63, 3.8) is 0 Å². The molecule has 0 spiro atoms. The Labute approximate surface area is 173 Å². The number of piperidine rings is 1. The molecule has 0 unspecified atom stereocenters. The summed E-state index contributed by atoms with van der Waals surface area (Å²) in [4.78, 5) is 29.7. The number of ether oxygens (including phenoxy) is 1. The zero-order chi connectivity index (χ0) is 20.7. The molecule has 1 saturated carbocycles. The first-order valence-electron chi connectivity index (χ1n) is 10.3. The number of rotatable bonds is 5. The first kappa shape index (κ1) is 18.7. The van der Waals surface area contributed by atoms with Crippen molar-refractivity contribution in [1.29, 1.82) is 0 Å². The molecule has 3 aromatic rings. The molecule has 0 bridgehead atoms. The van der Waals surface area contributed by atoms with Crippen molar-refractivity contribution in [2.75, 3.05) is 13.1 Å². The molecule has 5 rings (SSSR count). The predicted octanol–water partition coefficient (Wildman–Crippen LogP) is 3.24. The number of nitrogens with zero attached hydrogens (tertiary/aromatic N) is 3. The maximum absolute atomic E-state index is 12.5. The quantitative estimate of drug-likeness (QED) is 0.659. The lowest BCUT2D eigenvalue weighted by Crippen LogP contribution is -2.46. The van der Waals surface area contributed by atoms with Gasteiger partial charge in [0.25, 0.3) is 0 Å². The standard InChI is InChI=1S/C23H23N3O4/c27-21(23(9-10-23)22(28)29)25-11-7-20(8-12-25)30-19-5-2-16(3-6-19)17-1-4-18-13-24-15-26(18)14-17/h1-6,13-15,20H,7-12H2,(H,28,29). The third-order valence-electron chi connectivity index (χ3n) is 6.20. The smallest absolute Gasteiger partial charge is 0.319 e. The molecule has 154 valence electrons. The van der Waals surface area contributed by atoms with Crippen LogP contribution in [0, 0.1) is 5.41 Å². The third kappa shape index (κ3) is 3.30. The van der Waals surface area contributed by atoms with E-state index in [4.69, 9.17) is 4.74 Å². The highest BCUT2D eigenvalue weighted by atomic mass is 16.5. The van der Waals surface area contributed by atoms with Gasteiger partial charge in [-0.2, -0.15) is 0 Å². The summed E-state index contributed by atoms with van der Waals surface area (Å²) in [5.41, 5.74) is 2.11. The van der Waals surface area contributed by atoms with Gasteiger partial charge in [0, 0.05) is 32.1 Å². The Balaban J connectivity index is 1.19. The van der Waals surface area contributed by atoms with Gasteiger partial charge in [-0.25, -0.2) is 4.98 Å². The lowest BCUT2D eigenvalue weighted by atomic mass is 10.0. The number of pyridine rings is 1. The number of carboxylic acid groups (broad SMARTS) is 1. The number of imidazole rings is 1. The number of carbonyl (C=O) groups is 2. The summed E-state index contributed by atoms with van der Waals surface area (Å²) in [5, 5.41) is 9.32. The Bertz CT molecular complexity index is 1090. The highest BCUT2D eigenvalue weighted by Crippen LogP contribution is 2.47. The molecule has 7 nitrogen and oxygen atoms in total. The minimum Gasteiger partial charge on any atom is -0.490 e. The summed E-state index contributed by atoms with van der Waals surface area (Å²) in [6.45, 7) is 1.09. The summed E-state index contributed by atoms with van der Waals surface area (Å²) in [6.07, 6.45) is 8.02. The summed E-state index contributed by atoms with van der Waals surface area (Å²) < 4.78 is 8.10. The van der Waals surface area contributed by atoms with Crippen molar-refractivity contribution in [2.24, 2.45) is 5.41 Å². The summed E-state index contributed by atoms with van der Waals surface area (Å²) in [6, 6.07) is 12.1. The molecule has 1 aromatic carbocycles. The third-order valence-corrected chi connectivity index (χ3v) is 6.20. The summed E-state index contributed by atoms with van der Waals surface area (Å²) in [5.74, 6) is -0.415. The van der Waals surface area contributed by atoms with Crippen molar-refractivity contribution >= 4 is 17.4 Å². The van der Waals surface area contributed by atoms with Crippen LogP contribution >= 0.6 is 0 Å². The minimum atomic E-state index is -1.15. The van der Waals surface area contributed by atoms with Gasteiger partial charge in [0.15, 0.2) is 0 Å². The van der Waals surface area contributed by atoms with Gasteiger partial charge in [0.2, 0.25) is 5.91 Å². The second-order valence-electron chi connectivity index (χ2n) is 8.16. The maximum atomic E-state index is 12.5. The Morgan fingerprint density at radius 1 is 1.03 bits per heavy atom. The molecule has 0 atom stereocenters. The molecule has 1 N–H and O–H groups in total. The van der Waals surface area contributed by atoms with Crippen molar-refractivity contribution in [1.82, 2.24) is 14.3 Å². The van der Waals surface area contributed by atoms with E-state index in [1.807, 2.05) is 40.9 Å². The van der Waals surface area contributed by atoms with Gasteiger partial charge in [0.05, 0.1) is 18.0 Å². The van der Waals surface area contributed by atoms with E-state index in [9.17, 15) is 14.7 Å². The molecular weight excluding hydrogens is 382 g/mol. The lowest BCUT2D eigenvalue weighted by Gasteiger charge is -2.33. The molecule has 1 aliphatic heterocycles. The van der Waals surface area contributed by atoms with Crippen LogP contribution < -0.4 is 4.74 Å². The SMILES string of the molecule is O=C(O)C1(C(=O)N2CCC(Oc3ccc(-c4ccc5cncn5c4)cc3)CC2)CC1. The second-order valence-corrected chi connectivity index (χ2v) is 8.16. The predicted molar refractivity (Wildman–Crippen MR) is 110 cm³/mol. The molecule has 2 aliphatic rings. The average molecular weight is 405 g/mol. The van der Waals surface area contributed by atoms with Gasteiger partial charge in [-0.1, -0.05) is 18.2 Å². The van der Waals surface area contributed by atoms with Crippen LogP contribution in [0.15, 0.2) is 55.1 Å². The summed E-state index contributed by atoms with van der Waals surface area (Å²) in [7, 11) is 0. The first-order valence-corrected chi connectivity index (χ1v) is 10.3. The molecule has 30 heavy (non-hydrogen) atoms. The molecule has 1 saturated heterocycles. The number of aromatic nitrogens is 2. The fourth-order valence-electron chi connectivity index (χ4n) is 4.13. The van der Waals surface area contributed by atoms with E-state index in [2.05, 4.69) is 17.2 Å². The van der Waals surface area contributed by atoms with Crippen LogP contribution in [0.3, 0.4) is 0 Å². The van der Waals surface area contributed by atoms with Crippen LogP contribution in [0.25, 0.3) is 16.6 Å². The molecular formula is C23H23N3O4. The van der Waals surface area contributed by atoms with E-state index < -0.39 is 11.4 Å². The van der Waals surface area contributed by atoms with Gasteiger partial charge < -0.3 is 19.1 Å². The van der Waals surface area contributed by atoms with Crippen LogP contribution in [0.2, 0.25) is 0 Å². The van der Waals surface area contributed by atoms with Gasteiger partial charge in [-0.15, -0.1) is 0 Å². The van der Waals surface area contributed by atoms with Gasteiger partial charge in [-0.05, 0) is 42.2 Å². The van der Waals surface area contributed by atoms with Crippen molar-refractivity contribution in [2.45, 2.75) is 31.8 Å². The molecule has 2 aromatic heterocycles. The molecule has 0 radical (unpaired) electrons. The second kappa shape index (κ2) is 7.16. The Morgan fingerprint density at radius 2 is 1.73 bits per heavy atom. The Kier molecular flexibility index (Phi) is 4.46. The van der Waals surface area contributed by atoms with Crippen LogP contribution in [-0.2, 0) is 9.59 Å². The number of amides is 1. The molecule has 1 aliphatic carbocycles. The largest absolute Gasteiger partial charge is 0.490 e. The zero-order valence-electron chi connectivity index (χ0n) is 16.5. The molecule has 7 heteroatoms. The normalized spacial score (nSPS) is 18.3. The number of fused-ring (bicyclic) bond motifs is 1. The monoisotopic (exact) mass is 405 g/mol. The number of hydrogen-bond acceptors (Lipinski definition) is 4. The number of aliphatic carboxylic acids is 1. The number of likely N-dealkylation sites (tertiary alicyclic amines) is 1. The summed E-state index contributed by atoms with van der Waals surface area (Å²) >= 11 is 0. The number of benzene rings is 1. The zero-order valence-corrected chi connectivity index (χ0v) is 16.5. The topological polar surface area (TPSA) is 84.1 Å². The molecule has 2 fully saturated rings. The van der Waals surface area contributed by atoms with Crippen molar-refractivity contribution in [3.05, 3.63) is 55.1 Å². The fourth-order valence-corrected chi connectivity index (χ4v) is 4.13. The number of hydrogen-bond donors (Lipinski definition) is 1. The van der Waals surface area contributed by atoms with E-state index in [0.717, 1.165) is 22.4 Å². The van der Waals surface area contributed by atoms with E-state index >= 15 is 0 Å². The van der Waals surface area contributed by atoms with Crippen molar-refractivity contribution in [3.8, 4) is 16.9 Å². The highest BCUT2D eigenvalue weighted by molar-refractivity contribution is 6.04. The molecule has 3 heterocycles. The minimum absolute atomic E-state index is 0.0298. The fraction of sp³-hybridized carbons (Fsp3) is 0.348. The number of carbonyl (C=O) groups excluding carboxylic acids is 1. The van der Waals surface area contributed by atoms with Gasteiger partial charge in [0.1, 0.15) is 17.3 Å². The van der Waals surface area contributed by atoms with E-state index in [1.165, 1.54) is 0 Å². The van der Waals surface area contributed by atoms with E-state index in [0.29, 0.717) is 38.8 Å². The highest BCUT2D eigenvalue weighted by Gasteiger charge is 2.58. The van der Waals surface area contributed by atoms with Crippen LogP contribution in [-0.4, -0.2) is 50.5 Å². The lowest BCUT2D eigenvalue weighted by molar-refractivity contribution is -0.154. The van der Waals surface area contributed by atoms with Crippen LogP contribution in [0.5, 0.6) is 5.75 Å². The van der Waals surface area contributed by atoms with Gasteiger partial charge in [-0.3, -0.25) is 9.59 Å². The van der Waals surface area contributed by atoms with Crippen LogP contribution in [0.1, 0.15) is 25.7 Å². The van der Waals surface area contributed by atoms with Gasteiger partial charge >= 0.3 is 5.97 Å². The van der Waals surface area contributed by atoms with E-state index in [-0.39, 0.29) is 12.0 Å². The Hall–Kier alpha value is -3.35. The first-order chi connectivity index (χ1) is 14.5. The number of carboxylic acids is 1.